The maximum Gasteiger partial charge on any atom is 0.178 e. The maximum atomic E-state index is 12.4. The average molecular weight is 355 g/mol. The summed E-state index contributed by atoms with van der Waals surface area (Å²) in [7, 11) is 0. The van der Waals surface area contributed by atoms with E-state index in [9.17, 15) is 4.79 Å². The lowest BCUT2D eigenvalue weighted by Gasteiger charge is -2.15. The lowest BCUT2D eigenvalue weighted by Crippen LogP contribution is -2.17. The molecule has 0 fully saturated rings. The van der Waals surface area contributed by atoms with E-state index in [2.05, 4.69) is 20.9 Å². The number of carbonyl (C=O) groups excluding carboxylic acids is 1. The molecule has 110 valence electrons. The van der Waals surface area contributed by atoms with Crippen LogP contribution in [0.5, 0.6) is 0 Å². The summed E-state index contributed by atoms with van der Waals surface area (Å²) >= 11 is 3.50. The molecule has 0 aliphatic rings. The second-order valence-electron chi connectivity index (χ2n) is 5.10. The van der Waals surface area contributed by atoms with Crippen LogP contribution in [0.25, 0.3) is 22.0 Å². The monoisotopic (exact) mass is 354 g/mol. The number of pyridine rings is 1. The van der Waals surface area contributed by atoms with Gasteiger partial charge < -0.3 is 5.73 Å². The fourth-order valence-electron chi connectivity index (χ4n) is 2.71. The van der Waals surface area contributed by atoms with Gasteiger partial charge in [-0.25, -0.2) is 0 Å². The molecule has 1 aromatic heterocycles. The molecule has 3 nitrogen and oxygen atoms in total. The molecule has 3 aromatic rings. The van der Waals surface area contributed by atoms with Crippen LogP contribution in [0, 0.1) is 6.92 Å². The van der Waals surface area contributed by atoms with E-state index in [0.29, 0.717) is 11.3 Å². The summed E-state index contributed by atoms with van der Waals surface area (Å²) in [6.45, 7) is 1.83. The minimum absolute atomic E-state index is 0.0259. The summed E-state index contributed by atoms with van der Waals surface area (Å²) in [4.78, 5) is 17.0. The van der Waals surface area contributed by atoms with E-state index in [-0.39, 0.29) is 12.3 Å². The van der Waals surface area contributed by atoms with Crippen molar-refractivity contribution in [2.45, 2.75) is 6.92 Å². The third kappa shape index (κ3) is 2.56. The Morgan fingerprint density at radius 2 is 1.91 bits per heavy atom. The number of aryl methyl sites for hydroxylation is 1. The summed E-state index contributed by atoms with van der Waals surface area (Å²) in [5.41, 5.74) is 9.69. The number of aromatic nitrogens is 1. The number of rotatable bonds is 3. The minimum atomic E-state index is -0.0919. The third-order valence-electron chi connectivity index (χ3n) is 3.65. The van der Waals surface area contributed by atoms with E-state index in [0.717, 1.165) is 26.5 Å². The number of ketones is 1. The van der Waals surface area contributed by atoms with Crippen LogP contribution in [0.4, 0.5) is 0 Å². The molecule has 0 atom stereocenters. The summed E-state index contributed by atoms with van der Waals surface area (Å²) in [6, 6.07) is 15.8. The topological polar surface area (TPSA) is 56.0 Å². The quantitative estimate of drug-likeness (QED) is 0.720. The van der Waals surface area contributed by atoms with E-state index < -0.39 is 0 Å². The highest BCUT2D eigenvalue weighted by Gasteiger charge is 2.19. The lowest BCUT2D eigenvalue weighted by molar-refractivity contribution is 0.100. The number of hydrogen-bond acceptors (Lipinski definition) is 3. The maximum absolute atomic E-state index is 12.4. The zero-order valence-corrected chi connectivity index (χ0v) is 13.7. The second-order valence-corrected chi connectivity index (χ2v) is 6.02. The van der Waals surface area contributed by atoms with Crippen molar-refractivity contribution < 1.29 is 4.79 Å². The van der Waals surface area contributed by atoms with Gasteiger partial charge in [0.25, 0.3) is 0 Å². The molecule has 0 aliphatic carbocycles. The fourth-order valence-corrected chi connectivity index (χ4v) is 3.07. The molecule has 0 unspecified atom stereocenters. The van der Waals surface area contributed by atoms with Crippen molar-refractivity contribution in [3.63, 3.8) is 0 Å². The molecule has 0 radical (unpaired) electrons. The molecule has 0 spiro atoms. The zero-order valence-electron chi connectivity index (χ0n) is 12.1. The van der Waals surface area contributed by atoms with E-state index in [1.807, 2.05) is 55.5 Å². The van der Waals surface area contributed by atoms with Gasteiger partial charge in [-0.15, -0.1) is 0 Å². The molecule has 2 aromatic carbocycles. The standard InChI is InChI=1S/C18H15BrN2O/c1-11-17(16(22)10-20)18(12-5-3-2-4-6-12)14-9-13(19)7-8-15(14)21-11/h2-9H,10,20H2,1H3. The Labute approximate surface area is 137 Å². The number of halogens is 1. The van der Waals surface area contributed by atoms with Crippen molar-refractivity contribution in [2.24, 2.45) is 5.73 Å². The van der Waals surface area contributed by atoms with Crippen molar-refractivity contribution in [1.82, 2.24) is 4.98 Å². The van der Waals surface area contributed by atoms with Crippen LogP contribution >= 0.6 is 15.9 Å². The highest BCUT2D eigenvalue weighted by molar-refractivity contribution is 9.10. The summed E-state index contributed by atoms with van der Waals surface area (Å²) in [6.07, 6.45) is 0. The van der Waals surface area contributed by atoms with Crippen molar-refractivity contribution in [1.29, 1.82) is 0 Å². The first-order chi connectivity index (χ1) is 10.6. The molecule has 1 heterocycles. The number of nitrogens with zero attached hydrogens (tertiary/aromatic N) is 1. The molecule has 0 saturated heterocycles. The number of Topliss-reactive ketones (excluding diaryl/α,β-unsaturated/α-hetero) is 1. The third-order valence-corrected chi connectivity index (χ3v) is 4.15. The van der Waals surface area contributed by atoms with Gasteiger partial charge in [0.05, 0.1) is 12.1 Å². The van der Waals surface area contributed by atoms with Gasteiger partial charge in [-0.3, -0.25) is 9.78 Å². The van der Waals surface area contributed by atoms with Crippen molar-refractivity contribution in [3.05, 3.63) is 64.3 Å². The Morgan fingerprint density at radius 1 is 1.18 bits per heavy atom. The van der Waals surface area contributed by atoms with E-state index in [4.69, 9.17) is 5.73 Å². The molecule has 22 heavy (non-hydrogen) atoms. The SMILES string of the molecule is Cc1nc2ccc(Br)cc2c(-c2ccccc2)c1C(=O)CN. The molecule has 0 bridgehead atoms. The molecule has 0 amide bonds. The van der Waals surface area contributed by atoms with E-state index in [1.54, 1.807) is 0 Å². The fraction of sp³-hybridized carbons (Fsp3) is 0.111. The van der Waals surface area contributed by atoms with Crippen LogP contribution in [-0.2, 0) is 0 Å². The van der Waals surface area contributed by atoms with Crippen LogP contribution in [0.3, 0.4) is 0 Å². The van der Waals surface area contributed by atoms with Crippen LogP contribution < -0.4 is 5.73 Å². The zero-order chi connectivity index (χ0) is 15.7. The van der Waals surface area contributed by atoms with Gasteiger partial charge in [-0.2, -0.15) is 0 Å². The smallest absolute Gasteiger partial charge is 0.178 e. The van der Waals surface area contributed by atoms with Gasteiger partial charge in [0, 0.05) is 26.7 Å². The Balaban J connectivity index is 2.47. The van der Waals surface area contributed by atoms with Gasteiger partial charge in [-0.05, 0) is 30.7 Å². The highest BCUT2D eigenvalue weighted by atomic mass is 79.9. The number of hydrogen-bond donors (Lipinski definition) is 1. The van der Waals surface area contributed by atoms with Crippen molar-refractivity contribution in [2.75, 3.05) is 6.54 Å². The molecule has 0 saturated carbocycles. The van der Waals surface area contributed by atoms with Gasteiger partial charge in [0.1, 0.15) is 0 Å². The van der Waals surface area contributed by atoms with Gasteiger partial charge in [-0.1, -0.05) is 46.3 Å². The molecule has 4 heteroatoms. The normalized spacial score (nSPS) is 10.9. The van der Waals surface area contributed by atoms with E-state index in [1.165, 1.54) is 0 Å². The van der Waals surface area contributed by atoms with Crippen LogP contribution in [0.15, 0.2) is 53.0 Å². The van der Waals surface area contributed by atoms with Crippen molar-refractivity contribution >= 4 is 32.6 Å². The molecular weight excluding hydrogens is 340 g/mol. The molecule has 2 N–H and O–H groups in total. The first kappa shape index (κ1) is 14.9. The first-order valence-corrected chi connectivity index (χ1v) is 7.79. The largest absolute Gasteiger partial charge is 0.324 e. The van der Waals surface area contributed by atoms with Crippen molar-refractivity contribution in [3.8, 4) is 11.1 Å². The molecule has 3 rings (SSSR count). The van der Waals surface area contributed by atoms with Gasteiger partial charge in [0.15, 0.2) is 5.78 Å². The predicted octanol–water partition coefficient (Wildman–Crippen LogP) is 4.11. The Morgan fingerprint density at radius 3 is 2.59 bits per heavy atom. The number of nitrogens with two attached hydrogens (primary N) is 1. The van der Waals surface area contributed by atoms with E-state index >= 15 is 0 Å². The summed E-state index contributed by atoms with van der Waals surface area (Å²) < 4.78 is 0.953. The first-order valence-electron chi connectivity index (χ1n) is 7.00. The number of carbonyl (C=O) groups is 1. The lowest BCUT2D eigenvalue weighted by atomic mass is 9.92. The highest BCUT2D eigenvalue weighted by Crippen LogP contribution is 2.34. The summed E-state index contributed by atoms with van der Waals surface area (Å²) in [5, 5.41) is 0.947. The molecular formula is C18H15BrN2O. The summed E-state index contributed by atoms with van der Waals surface area (Å²) in [5.74, 6) is -0.0919. The Kier molecular flexibility index (Phi) is 4.05. The second kappa shape index (κ2) is 5.99. The predicted molar refractivity (Wildman–Crippen MR) is 93.0 cm³/mol. The average Bonchev–Trinajstić information content (AvgIpc) is 2.54. The molecule has 0 aliphatic heterocycles. The Bertz CT molecular complexity index is 860. The van der Waals surface area contributed by atoms with Crippen LogP contribution in [0.2, 0.25) is 0 Å². The number of benzene rings is 2. The van der Waals surface area contributed by atoms with Gasteiger partial charge >= 0.3 is 0 Å². The van der Waals surface area contributed by atoms with Crippen LogP contribution in [0.1, 0.15) is 16.1 Å². The van der Waals surface area contributed by atoms with Crippen LogP contribution in [-0.4, -0.2) is 17.3 Å². The number of fused-ring (bicyclic) bond motifs is 1. The Hall–Kier alpha value is -2.04. The van der Waals surface area contributed by atoms with Gasteiger partial charge in [0.2, 0.25) is 0 Å². The minimum Gasteiger partial charge on any atom is -0.324 e.